The SMILES string of the molecule is O=C(NC[C@H](c1ccc(F)cc1)N1CCOCC1)c1ccc([N+](=O)[O-])o1. The summed E-state index contributed by atoms with van der Waals surface area (Å²) < 4.78 is 23.5. The molecule has 1 N–H and O–H groups in total. The molecule has 2 heterocycles. The second-order valence-corrected chi connectivity index (χ2v) is 5.82. The molecule has 3 rings (SSSR count). The fourth-order valence-electron chi connectivity index (χ4n) is 2.86. The van der Waals surface area contributed by atoms with E-state index in [0.717, 1.165) is 11.6 Å². The van der Waals surface area contributed by atoms with Crippen molar-refractivity contribution in [3.63, 3.8) is 0 Å². The summed E-state index contributed by atoms with van der Waals surface area (Å²) in [5.41, 5.74) is 0.860. The van der Waals surface area contributed by atoms with Gasteiger partial charge in [0.05, 0.1) is 25.3 Å². The van der Waals surface area contributed by atoms with Gasteiger partial charge in [0.15, 0.2) is 5.76 Å². The number of morpholine rings is 1. The van der Waals surface area contributed by atoms with Crippen LogP contribution in [0.15, 0.2) is 40.8 Å². The predicted octanol–water partition coefficient (Wildman–Crippen LogP) is 2.13. The van der Waals surface area contributed by atoms with Crippen molar-refractivity contribution >= 4 is 11.8 Å². The van der Waals surface area contributed by atoms with Crippen molar-refractivity contribution < 1.29 is 23.3 Å². The lowest BCUT2D eigenvalue weighted by molar-refractivity contribution is -0.402. The second kappa shape index (κ2) is 8.07. The van der Waals surface area contributed by atoms with Crippen LogP contribution in [0.1, 0.15) is 22.2 Å². The summed E-state index contributed by atoms with van der Waals surface area (Å²) >= 11 is 0. The lowest BCUT2D eigenvalue weighted by atomic mass is 10.0. The van der Waals surface area contributed by atoms with E-state index in [0.29, 0.717) is 26.3 Å². The van der Waals surface area contributed by atoms with Gasteiger partial charge in [-0.3, -0.25) is 19.8 Å². The maximum absolute atomic E-state index is 13.2. The molecular weight excluding hydrogens is 345 g/mol. The first-order chi connectivity index (χ1) is 12.5. The van der Waals surface area contributed by atoms with Crippen molar-refractivity contribution in [2.45, 2.75) is 6.04 Å². The Hall–Kier alpha value is -2.78. The quantitative estimate of drug-likeness (QED) is 0.624. The Morgan fingerprint density at radius 1 is 1.23 bits per heavy atom. The van der Waals surface area contributed by atoms with Crippen molar-refractivity contribution in [1.29, 1.82) is 0 Å². The van der Waals surface area contributed by atoms with E-state index in [1.807, 2.05) is 0 Å². The third kappa shape index (κ3) is 4.24. The van der Waals surface area contributed by atoms with Gasteiger partial charge in [-0.2, -0.15) is 0 Å². The molecule has 8 nitrogen and oxygen atoms in total. The largest absolute Gasteiger partial charge is 0.433 e. The zero-order valence-electron chi connectivity index (χ0n) is 13.9. The molecule has 26 heavy (non-hydrogen) atoms. The molecule has 9 heteroatoms. The van der Waals surface area contributed by atoms with Crippen molar-refractivity contribution in [3.05, 3.63) is 63.7 Å². The van der Waals surface area contributed by atoms with Crippen LogP contribution in [0.4, 0.5) is 10.3 Å². The van der Waals surface area contributed by atoms with E-state index in [1.54, 1.807) is 12.1 Å². The molecule has 0 spiro atoms. The normalized spacial score (nSPS) is 16.2. The smallest absolute Gasteiger partial charge is 0.395 e. The molecule has 0 saturated carbocycles. The number of nitrogens with one attached hydrogen (secondary N) is 1. The molecule has 138 valence electrons. The summed E-state index contributed by atoms with van der Waals surface area (Å²) in [6.07, 6.45) is 0. The van der Waals surface area contributed by atoms with Crippen LogP contribution in [-0.2, 0) is 4.74 Å². The van der Waals surface area contributed by atoms with E-state index >= 15 is 0 Å². The average Bonchev–Trinajstić information content (AvgIpc) is 3.15. The van der Waals surface area contributed by atoms with Gasteiger partial charge in [0.1, 0.15) is 10.7 Å². The standard InChI is InChI=1S/C17H18FN3O5/c18-13-3-1-12(2-4-13)14(20-7-9-25-10-8-20)11-19-17(22)15-5-6-16(26-15)21(23)24/h1-6,14H,7-11H2,(H,19,22)/t14-/m1/s1. The van der Waals surface area contributed by atoms with Gasteiger partial charge >= 0.3 is 5.88 Å². The number of ether oxygens (including phenoxy) is 1. The molecule has 1 saturated heterocycles. The van der Waals surface area contributed by atoms with Gasteiger partial charge in [0.2, 0.25) is 0 Å². The Bertz CT molecular complexity index is 771. The first kappa shape index (κ1) is 18.0. The van der Waals surface area contributed by atoms with Crippen LogP contribution in [0.25, 0.3) is 0 Å². The summed E-state index contributed by atoms with van der Waals surface area (Å²) in [4.78, 5) is 24.3. The molecule has 1 aromatic carbocycles. The van der Waals surface area contributed by atoms with Crippen LogP contribution in [0.3, 0.4) is 0 Å². The van der Waals surface area contributed by atoms with Gasteiger partial charge in [-0.1, -0.05) is 12.1 Å². The number of carbonyl (C=O) groups excluding carboxylic acids is 1. The van der Waals surface area contributed by atoms with Gasteiger partial charge in [-0.25, -0.2) is 4.39 Å². The van der Waals surface area contributed by atoms with Gasteiger partial charge < -0.3 is 14.5 Å². The van der Waals surface area contributed by atoms with Gasteiger partial charge in [0, 0.05) is 19.6 Å². The molecule has 0 aliphatic carbocycles. The molecule has 0 bridgehead atoms. The predicted molar refractivity (Wildman–Crippen MR) is 89.2 cm³/mol. The second-order valence-electron chi connectivity index (χ2n) is 5.82. The van der Waals surface area contributed by atoms with E-state index < -0.39 is 16.7 Å². The highest BCUT2D eigenvalue weighted by atomic mass is 19.1. The monoisotopic (exact) mass is 363 g/mol. The zero-order valence-corrected chi connectivity index (χ0v) is 13.9. The van der Waals surface area contributed by atoms with E-state index in [2.05, 4.69) is 10.2 Å². The van der Waals surface area contributed by atoms with Gasteiger partial charge in [-0.15, -0.1) is 0 Å². The molecule has 1 fully saturated rings. The Labute approximate surface area is 148 Å². The summed E-state index contributed by atoms with van der Waals surface area (Å²) in [6, 6.07) is 8.33. The summed E-state index contributed by atoms with van der Waals surface area (Å²) in [5.74, 6) is -1.49. The minimum atomic E-state index is -0.703. The Morgan fingerprint density at radius 3 is 2.54 bits per heavy atom. The molecule has 0 unspecified atom stereocenters. The van der Waals surface area contributed by atoms with E-state index in [-0.39, 0.29) is 24.2 Å². The highest BCUT2D eigenvalue weighted by molar-refractivity contribution is 5.91. The molecule has 1 amide bonds. The number of halogens is 1. The molecular formula is C17H18FN3O5. The van der Waals surface area contributed by atoms with Crippen LogP contribution in [-0.4, -0.2) is 48.6 Å². The molecule has 1 aliphatic rings. The van der Waals surface area contributed by atoms with E-state index in [4.69, 9.17) is 9.15 Å². The number of hydrogen-bond acceptors (Lipinski definition) is 6. The molecule has 2 aromatic rings. The molecule has 1 atom stereocenters. The minimum Gasteiger partial charge on any atom is -0.395 e. The number of nitro groups is 1. The molecule has 0 radical (unpaired) electrons. The first-order valence-electron chi connectivity index (χ1n) is 8.14. The number of carbonyl (C=O) groups is 1. The van der Waals surface area contributed by atoms with Crippen LogP contribution in [0, 0.1) is 15.9 Å². The number of hydrogen-bond donors (Lipinski definition) is 1. The number of benzene rings is 1. The van der Waals surface area contributed by atoms with Gasteiger partial charge in [0.25, 0.3) is 5.91 Å². The van der Waals surface area contributed by atoms with Crippen molar-refractivity contribution in [3.8, 4) is 0 Å². The fourth-order valence-corrected chi connectivity index (χ4v) is 2.86. The summed E-state index contributed by atoms with van der Waals surface area (Å²) in [5, 5.41) is 13.4. The summed E-state index contributed by atoms with van der Waals surface area (Å²) in [6.45, 7) is 2.78. The number of nitrogens with zero attached hydrogens (tertiary/aromatic N) is 2. The number of amides is 1. The fraction of sp³-hybridized carbons (Fsp3) is 0.353. The maximum Gasteiger partial charge on any atom is 0.433 e. The lowest BCUT2D eigenvalue weighted by Gasteiger charge is -2.34. The minimum absolute atomic E-state index is 0.128. The third-order valence-electron chi connectivity index (χ3n) is 4.19. The third-order valence-corrected chi connectivity index (χ3v) is 4.19. The number of rotatable bonds is 6. The van der Waals surface area contributed by atoms with Crippen molar-refractivity contribution in [1.82, 2.24) is 10.2 Å². The molecule has 1 aliphatic heterocycles. The Kier molecular flexibility index (Phi) is 5.59. The van der Waals surface area contributed by atoms with Crippen molar-refractivity contribution in [2.75, 3.05) is 32.8 Å². The highest BCUT2D eigenvalue weighted by Crippen LogP contribution is 2.22. The average molecular weight is 363 g/mol. The van der Waals surface area contributed by atoms with Crippen LogP contribution in [0.2, 0.25) is 0 Å². The molecule has 1 aromatic heterocycles. The van der Waals surface area contributed by atoms with E-state index in [9.17, 15) is 19.3 Å². The topological polar surface area (TPSA) is 97.9 Å². The van der Waals surface area contributed by atoms with Crippen LogP contribution >= 0.6 is 0 Å². The maximum atomic E-state index is 13.2. The van der Waals surface area contributed by atoms with Crippen LogP contribution in [0.5, 0.6) is 0 Å². The highest BCUT2D eigenvalue weighted by Gasteiger charge is 2.24. The number of furan rings is 1. The lowest BCUT2D eigenvalue weighted by Crippen LogP contribution is -2.43. The van der Waals surface area contributed by atoms with E-state index in [1.165, 1.54) is 18.2 Å². The Morgan fingerprint density at radius 2 is 1.92 bits per heavy atom. The van der Waals surface area contributed by atoms with Crippen LogP contribution < -0.4 is 5.32 Å². The zero-order chi connectivity index (χ0) is 18.5. The Balaban J connectivity index is 1.71. The summed E-state index contributed by atoms with van der Waals surface area (Å²) in [7, 11) is 0. The first-order valence-corrected chi connectivity index (χ1v) is 8.14. The van der Waals surface area contributed by atoms with Gasteiger partial charge in [-0.05, 0) is 23.8 Å². The van der Waals surface area contributed by atoms with Crippen molar-refractivity contribution in [2.24, 2.45) is 0 Å².